The third-order valence-corrected chi connectivity index (χ3v) is 1.72. The van der Waals surface area contributed by atoms with Gasteiger partial charge in [-0.05, 0) is 48.6 Å². The van der Waals surface area contributed by atoms with Gasteiger partial charge < -0.3 is 14.8 Å². The Hall–Kier alpha value is -0.610. The maximum Gasteiger partial charge on any atom is 0.326 e. The van der Waals surface area contributed by atoms with Gasteiger partial charge in [-0.25, -0.2) is 0 Å². The van der Waals surface area contributed by atoms with Gasteiger partial charge in [0.1, 0.15) is 11.6 Å². The SMILES string of the molecule is CNC(COC(C)(C)C)C(=O)OC(C)(C)C. The minimum atomic E-state index is -0.464. The summed E-state index contributed by atoms with van der Waals surface area (Å²) in [4.78, 5) is 11.7. The second-order valence-corrected chi connectivity index (χ2v) is 5.80. The number of nitrogens with one attached hydrogen (secondary N) is 1. The first-order valence-electron chi connectivity index (χ1n) is 5.59. The average Bonchev–Trinajstić information content (AvgIpc) is 1.99. The van der Waals surface area contributed by atoms with Crippen molar-refractivity contribution in [1.82, 2.24) is 5.32 Å². The molecule has 0 fully saturated rings. The van der Waals surface area contributed by atoms with Crippen molar-refractivity contribution in [3.05, 3.63) is 0 Å². The van der Waals surface area contributed by atoms with Gasteiger partial charge in [0.05, 0.1) is 12.2 Å². The Morgan fingerprint density at radius 3 is 1.94 bits per heavy atom. The molecule has 1 atom stereocenters. The molecule has 0 bridgehead atoms. The molecule has 0 aliphatic heterocycles. The van der Waals surface area contributed by atoms with Crippen molar-refractivity contribution in [3.8, 4) is 0 Å². The fraction of sp³-hybridized carbons (Fsp3) is 0.917. The highest BCUT2D eigenvalue weighted by Crippen LogP contribution is 2.11. The van der Waals surface area contributed by atoms with E-state index in [1.165, 1.54) is 0 Å². The standard InChI is InChI=1S/C12H25NO3/c1-11(2,3)15-8-9(13-7)10(14)16-12(4,5)6/h9,13H,8H2,1-7H3. The summed E-state index contributed by atoms with van der Waals surface area (Å²) in [6.45, 7) is 11.7. The number of likely N-dealkylation sites (N-methyl/N-ethyl adjacent to an activating group) is 1. The summed E-state index contributed by atoms with van der Waals surface area (Å²) in [6.07, 6.45) is 0. The first kappa shape index (κ1) is 15.4. The molecule has 0 saturated carbocycles. The van der Waals surface area contributed by atoms with E-state index in [2.05, 4.69) is 5.32 Å². The normalized spacial score (nSPS) is 14.7. The molecule has 0 aliphatic carbocycles. The number of rotatable bonds is 4. The Labute approximate surface area is 98.7 Å². The van der Waals surface area contributed by atoms with E-state index in [1.54, 1.807) is 7.05 Å². The van der Waals surface area contributed by atoms with Crippen molar-refractivity contribution in [2.75, 3.05) is 13.7 Å². The van der Waals surface area contributed by atoms with Crippen molar-refractivity contribution in [2.24, 2.45) is 0 Å². The molecule has 0 aromatic rings. The number of esters is 1. The van der Waals surface area contributed by atoms with Crippen molar-refractivity contribution in [3.63, 3.8) is 0 Å². The molecule has 16 heavy (non-hydrogen) atoms. The second-order valence-electron chi connectivity index (χ2n) is 5.80. The molecule has 0 heterocycles. The summed E-state index contributed by atoms with van der Waals surface area (Å²) in [7, 11) is 1.72. The van der Waals surface area contributed by atoms with Crippen LogP contribution in [0.3, 0.4) is 0 Å². The first-order valence-corrected chi connectivity index (χ1v) is 5.59. The Morgan fingerprint density at radius 1 is 1.12 bits per heavy atom. The average molecular weight is 231 g/mol. The zero-order chi connectivity index (χ0) is 13.0. The largest absolute Gasteiger partial charge is 0.459 e. The Balaban J connectivity index is 4.23. The summed E-state index contributed by atoms with van der Waals surface area (Å²) in [5, 5.41) is 2.90. The minimum absolute atomic E-state index is 0.253. The van der Waals surface area contributed by atoms with E-state index in [1.807, 2.05) is 41.5 Å². The van der Waals surface area contributed by atoms with Crippen LogP contribution in [0.4, 0.5) is 0 Å². The first-order chi connectivity index (χ1) is 7.05. The van der Waals surface area contributed by atoms with Crippen LogP contribution in [0, 0.1) is 0 Å². The maximum absolute atomic E-state index is 11.7. The summed E-state index contributed by atoms with van der Waals surface area (Å²) >= 11 is 0. The molecular formula is C12H25NO3. The monoisotopic (exact) mass is 231 g/mol. The molecule has 0 aliphatic rings. The van der Waals surface area contributed by atoms with E-state index in [9.17, 15) is 4.79 Å². The number of carbonyl (C=O) groups is 1. The van der Waals surface area contributed by atoms with Gasteiger partial charge in [0.25, 0.3) is 0 Å². The van der Waals surface area contributed by atoms with Crippen LogP contribution >= 0.6 is 0 Å². The highest BCUT2D eigenvalue weighted by Gasteiger charge is 2.25. The zero-order valence-electron chi connectivity index (χ0n) is 11.5. The lowest BCUT2D eigenvalue weighted by atomic mass is 10.2. The topological polar surface area (TPSA) is 47.6 Å². The highest BCUT2D eigenvalue weighted by atomic mass is 16.6. The quantitative estimate of drug-likeness (QED) is 0.749. The number of hydrogen-bond acceptors (Lipinski definition) is 4. The van der Waals surface area contributed by atoms with Gasteiger partial charge in [-0.15, -0.1) is 0 Å². The second kappa shape index (κ2) is 5.64. The predicted molar refractivity (Wildman–Crippen MR) is 64.4 cm³/mol. The third-order valence-electron chi connectivity index (χ3n) is 1.72. The smallest absolute Gasteiger partial charge is 0.326 e. The summed E-state index contributed by atoms with van der Waals surface area (Å²) in [6, 6.07) is -0.418. The molecule has 1 unspecified atom stereocenters. The summed E-state index contributed by atoms with van der Waals surface area (Å²) in [5.41, 5.74) is -0.717. The van der Waals surface area contributed by atoms with Gasteiger partial charge in [0, 0.05) is 0 Å². The number of hydrogen-bond donors (Lipinski definition) is 1. The maximum atomic E-state index is 11.7. The molecule has 4 nitrogen and oxygen atoms in total. The predicted octanol–water partition coefficient (Wildman–Crippen LogP) is 1.73. The molecule has 0 spiro atoms. The van der Waals surface area contributed by atoms with Crippen LogP contribution in [0.5, 0.6) is 0 Å². The van der Waals surface area contributed by atoms with E-state index in [0.29, 0.717) is 6.61 Å². The Kier molecular flexibility index (Phi) is 5.42. The molecule has 4 heteroatoms. The van der Waals surface area contributed by atoms with Gasteiger partial charge in [-0.2, -0.15) is 0 Å². The molecule has 0 aromatic carbocycles. The molecule has 0 radical (unpaired) electrons. The lowest BCUT2D eigenvalue weighted by molar-refractivity contribution is -0.160. The van der Waals surface area contributed by atoms with Gasteiger partial charge in [-0.3, -0.25) is 4.79 Å². The number of carbonyl (C=O) groups excluding carboxylic acids is 1. The van der Waals surface area contributed by atoms with Crippen molar-refractivity contribution >= 4 is 5.97 Å². The molecule has 0 rings (SSSR count). The van der Waals surface area contributed by atoms with Crippen LogP contribution in [-0.4, -0.2) is 36.9 Å². The van der Waals surface area contributed by atoms with E-state index in [0.717, 1.165) is 0 Å². The van der Waals surface area contributed by atoms with Gasteiger partial charge in [-0.1, -0.05) is 0 Å². The molecular weight excluding hydrogens is 206 g/mol. The summed E-state index contributed by atoms with van der Waals surface area (Å²) < 4.78 is 10.8. The minimum Gasteiger partial charge on any atom is -0.459 e. The van der Waals surface area contributed by atoms with Crippen LogP contribution in [-0.2, 0) is 14.3 Å². The lowest BCUT2D eigenvalue weighted by Crippen LogP contribution is -2.44. The van der Waals surface area contributed by atoms with Crippen molar-refractivity contribution < 1.29 is 14.3 Å². The zero-order valence-corrected chi connectivity index (χ0v) is 11.5. The molecule has 0 aromatic heterocycles. The van der Waals surface area contributed by atoms with Crippen LogP contribution in [0.2, 0.25) is 0 Å². The van der Waals surface area contributed by atoms with Crippen molar-refractivity contribution in [1.29, 1.82) is 0 Å². The van der Waals surface area contributed by atoms with Crippen LogP contribution in [0.1, 0.15) is 41.5 Å². The Morgan fingerprint density at radius 2 is 1.62 bits per heavy atom. The molecule has 96 valence electrons. The number of ether oxygens (including phenoxy) is 2. The fourth-order valence-electron chi connectivity index (χ4n) is 0.975. The van der Waals surface area contributed by atoms with E-state index in [4.69, 9.17) is 9.47 Å². The fourth-order valence-corrected chi connectivity index (χ4v) is 0.975. The van der Waals surface area contributed by atoms with Gasteiger partial charge in [0.2, 0.25) is 0 Å². The molecule has 1 N–H and O–H groups in total. The van der Waals surface area contributed by atoms with Crippen LogP contribution in [0.15, 0.2) is 0 Å². The van der Waals surface area contributed by atoms with Crippen LogP contribution < -0.4 is 5.32 Å². The highest BCUT2D eigenvalue weighted by molar-refractivity contribution is 5.76. The summed E-state index contributed by atoms with van der Waals surface area (Å²) in [5.74, 6) is -0.278. The third kappa shape index (κ3) is 7.65. The molecule has 0 amide bonds. The van der Waals surface area contributed by atoms with Gasteiger partial charge >= 0.3 is 5.97 Å². The van der Waals surface area contributed by atoms with Crippen LogP contribution in [0.25, 0.3) is 0 Å². The van der Waals surface area contributed by atoms with Gasteiger partial charge in [0.15, 0.2) is 0 Å². The van der Waals surface area contributed by atoms with E-state index >= 15 is 0 Å². The lowest BCUT2D eigenvalue weighted by Gasteiger charge is -2.26. The van der Waals surface area contributed by atoms with E-state index in [-0.39, 0.29) is 11.6 Å². The van der Waals surface area contributed by atoms with Crippen molar-refractivity contribution in [2.45, 2.75) is 58.8 Å². The Bertz CT molecular complexity index is 225. The molecule has 0 saturated heterocycles. The van der Waals surface area contributed by atoms with E-state index < -0.39 is 11.6 Å².